The molecule has 5 rings (SSSR count). The Morgan fingerprint density at radius 3 is 2.34 bits per heavy atom. The molecule has 3 aliphatic carbocycles. The Hall–Kier alpha value is -3.46. The van der Waals surface area contributed by atoms with Gasteiger partial charge in [0.2, 0.25) is 5.78 Å². The van der Waals surface area contributed by atoms with Crippen molar-refractivity contribution in [3.8, 4) is 5.75 Å². The van der Waals surface area contributed by atoms with Gasteiger partial charge in [0, 0.05) is 37.2 Å². The van der Waals surface area contributed by atoms with Crippen LogP contribution in [0.4, 0.5) is 13.2 Å². The van der Waals surface area contributed by atoms with Gasteiger partial charge in [0.05, 0.1) is 17.2 Å². The topological polar surface area (TPSA) is 168 Å². The number of carbonyl (C=O) groups is 3. The number of rotatable bonds is 5. The third-order valence-electron chi connectivity index (χ3n) is 9.83. The molecule has 1 saturated heterocycles. The van der Waals surface area contributed by atoms with Crippen LogP contribution in [-0.4, -0.2) is 111 Å². The first-order valence-corrected chi connectivity index (χ1v) is 14.6. The molecule has 0 radical (unpaired) electrons. The Kier molecular flexibility index (Phi) is 7.89. The van der Waals surface area contributed by atoms with E-state index in [-0.39, 0.29) is 18.5 Å². The van der Waals surface area contributed by atoms with Gasteiger partial charge in [0.25, 0.3) is 5.91 Å². The molecule has 1 unspecified atom stereocenters. The SMILES string of the molecule is CCN1CCN(CC)C(c2cc(O)c3c(c2C(F)(F)F)C[C@H]2C[C@H]4[C@H](N(C)C)C(O)=C(C(N)=O)C(=O)[C@@]4(O)C(O)=C2C3=O)C1. The first-order chi connectivity index (χ1) is 20.5. The summed E-state index contributed by atoms with van der Waals surface area (Å²) in [6.45, 7) is 6.29. The summed E-state index contributed by atoms with van der Waals surface area (Å²) >= 11 is 0. The molecule has 4 aliphatic rings. The van der Waals surface area contributed by atoms with Gasteiger partial charge in [-0.05, 0) is 63.1 Å². The normalized spacial score (nSPS) is 30.0. The number of aliphatic hydroxyl groups excluding tert-OH is 2. The van der Waals surface area contributed by atoms with Crippen molar-refractivity contribution in [2.75, 3.05) is 46.8 Å². The maximum Gasteiger partial charge on any atom is 0.417 e. The summed E-state index contributed by atoms with van der Waals surface area (Å²) in [5.41, 5.74) is -1.27. The van der Waals surface area contributed by atoms with Gasteiger partial charge in [-0.2, -0.15) is 13.2 Å². The first-order valence-electron chi connectivity index (χ1n) is 14.6. The second-order valence-corrected chi connectivity index (χ2v) is 12.2. The lowest BCUT2D eigenvalue weighted by atomic mass is 9.58. The van der Waals surface area contributed by atoms with Crippen molar-refractivity contribution in [1.82, 2.24) is 14.7 Å². The van der Waals surface area contributed by atoms with Gasteiger partial charge >= 0.3 is 6.18 Å². The lowest BCUT2D eigenvalue weighted by Crippen LogP contribution is -2.63. The van der Waals surface area contributed by atoms with Crippen LogP contribution in [0.5, 0.6) is 5.75 Å². The Morgan fingerprint density at radius 1 is 1.14 bits per heavy atom. The number of alkyl halides is 3. The van der Waals surface area contributed by atoms with Crippen molar-refractivity contribution in [2.24, 2.45) is 17.6 Å². The number of carbonyl (C=O) groups excluding carboxylic acids is 3. The zero-order chi connectivity index (χ0) is 32.6. The number of amides is 1. The van der Waals surface area contributed by atoms with Gasteiger partial charge in [-0.3, -0.25) is 24.2 Å². The largest absolute Gasteiger partial charge is 0.510 e. The number of piperazine rings is 1. The molecule has 1 aliphatic heterocycles. The van der Waals surface area contributed by atoms with Crippen LogP contribution < -0.4 is 5.73 Å². The predicted molar refractivity (Wildman–Crippen MR) is 151 cm³/mol. The molecule has 14 heteroatoms. The molecule has 6 N–H and O–H groups in total. The van der Waals surface area contributed by atoms with E-state index in [2.05, 4.69) is 0 Å². The van der Waals surface area contributed by atoms with Crippen molar-refractivity contribution in [2.45, 2.75) is 50.6 Å². The van der Waals surface area contributed by atoms with E-state index in [0.29, 0.717) is 26.2 Å². The van der Waals surface area contributed by atoms with E-state index in [1.165, 1.54) is 19.0 Å². The number of allylic oxidation sites excluding steroid dienone is 1. The number of aliphatic hydroxyl groups is 3. The third kappa shape index (κ3) is 4.53. The summed E-state index contributed by atoms with van der Waals surface area (Å²) in [5.74, 6) is -8.98. The number of fused-ring (bicyclic) bond motifs is 3. The molecule has 1 aromatic rings. The number of likely N-dealkylation sites (N-methyl/N-ethyl adjacent to an activating group) is 3. The second kappa shape index (κ2) is 10.9. The summed E-state index contributed by atoms with van der Waals surface area (Å²) in [6.07, 6.45) is -5.66. The fraction of sp³-hybridized carbons (Fsp3) is 0.567. The van der Waals surface area contributed by atoms with Crippen molar-refractivity contribution >= 4 is 17.5 Å². The third-order valence-corrected chi connectivity index (χ3v) is 9.83. The number of ketones is 2. The number of halogens is 3. The van der Waals surface area contributed by atoms with E-state index < -0.39 is 105 Å². The molecule has 0 aromatic heterocycles. The maximum absolute atomic E-state index is 15.0. The number of nitrogens with two attached hydrogens (primary N) is 1. The lowest BCUT2D eigenvalue weighted by Gasteiger charge is -2.50. The van der Waals surface area contributed by atoms with Gasteiger partial charge in [-0.25, -0.2) is 0 Å². The number of hydrogen-bond donors (Lipinski definition) is 5. The molecule has 1 fully saturated rings. The molecule has 44 heavy (non-hydrogen) atoms. The Labute approximate surface area is 252 Å². The molecular weight excluding hydrogens is 585 g/mol. The molecule has 1 heterocycles. The van der Waals surface area contributed by atoms with Gasteiger partial charge in [-0.1, -0.05) is 13.8 Å². The van der Waals surface area contributed by atoms with Crippen LogP contribution >= 0.6 is 0 Å². The van der Waals surface area contributed by atoms with Crippen molar-refractivity contribution in [3.05, 3.63) is 51.0 Å². The van der Waals surface area contributed by atoms with Crippen LogP contribution in [0.25, 0.3) is 0 Å². The Balaban J connectivity index is 1.73. The molecular formula is C30H37F3N4O7. The number of phenols is 1. The fourth-order valence-electron chi connectivity index (χ4n) is 7.79. The molecule has 1 amide bonds. The van der Waals surface area contributed by atoms with Crippen LogP contribution in [0.3, 0.4) is 0 Å². The van der Waals surface area contributed by atoms with Crippen LogP contribution in [0, 0.1) is 11.8 Å². The average Bonchev–Trinajstić information content (AvgIpc) is 2.93. The standard InChI is InChI=1S/C30H37F3N4O7/c1-5-36-7-8-37(6-2)17(12-36)14-11-18(38)20-15(22(14)30(31,32)33)9-13-10-16-23(35(3)4)25(40)21(28(34)43)27(42)29(16,44)26(41)19(13)24(20)39/h11,13,16-17,23,38,40-41,44H,5-10,12H2,1-4H3,(H2,34,43)/t13-,16-,17?,23-,29-/m0/s1. The molecule has 240 valence electrons. The van der Waals surface area contributed by atoms with Crippen LogP contribution in [0.1, 0.15) is 53.4 Å². The average molecular weight is 623 g/mol. The van der Waals surface area contributed by atoms with Gasteiger partial charge in [0.15, 0.2) is 11.4 Å². The lowest BCUT2D eigenvalue weighted by molar-refractivity contribution is -0.148. The van der Waals surface area contributed by atoms with Crippen molar-refractivity contribution < 1.29 is 48.0 Å². The number of Topliss-reactive ketones (excluding diaryl/α,β-unsaturated/α-hetero) is 2. The smallest absolute Gasteiger partial charge is 0.417 e. The highest BCUT2D eigenvalue weighted by molar-refractivity contribution is 6.24. The van der Waals surface area contributed by atoms with E-state index in [1.54, 1.807) is 0 Å². The highest BCUT2D eigenvalue weighted by atomic mass is 19.4. The molecule has 1 aromatic carbocycles. The van der Waals surface area contributed by atoms with E-state index in [4.69, 9.17) is 5.73 Å². The highest BCUT2D eigenvalue weighted by Gasteiger charge is 2.63. The molecule has 5 atom stereocenters. The summed E-state index contributed by atoms with van der Waals surface area (Å²) < 4.78 is 45.1. The molecule has 0 spiro atoms. The minimum atomic E-state index is -4.91. The van der Waals surface area contributed by atoms with E-state index in [9.17, 15) is 34.8 Å². The van der Waals surface area contributed by atoms with Crippen molar-refractivity contribution in [3.63, 3.8) is 0 Å². The minimum absolute atomic E-state index is 0.156. The second-order valence-electron chi connectivity index (χ2n) is 12.2. The molecule has 11 nitrogen and oxygen atoms in total. The van der Waals surface area contributed by atoms with Gasteiger partial charge in [-0.15, -0.1) is 0 Å². The summed E-state index contributed by atoms with van der Waals surface area (Å²) in [6, 6.07) is -1.01. The summed E-state index contributed by atoms with van der Waals surface area (Å²) in [4.78, 5) is 44.8. The van der Waals surface area contributed by atoms with Crippen molar-refractivity contribution in [1.29, 1.82) is 0 Å². The summed E-state index contributed by atoms with van der Waals surface area (Å²) in [7, 11) is 2.95. The van der Waals surface area contributed by atoms with E-state index in [0.717, 1.165) is 6.07 Å². The number of hydrogen-bond acceptors (Lipinski definition) is 10. The monoisotopic (exact) mass is 622 g/mol. The Bertz CT molecular complexity index is 1500. The van der Waals surface area contributed by atoms with Gasteiger partial charge in [0.1, 0.15) is 22.8 Å². The number of nitrogens with zero attached hydrogens (tertiary/aromatic N) is 3. The Morgan fingerprint density at radius 2 is 1.80 bits per heavy atom. The van der Waals surface area contributed by atoms with E-state index >= 15 is 13.2 Å². The van der Waals surface area contributed by atoms with Gasteiger partial charge < -0.3 is 31.1 Å². The quantitative estimate of drug-likeness (QED) is 0.306. The number of aromatic hydroxyl groups is 1. The zero-order valence-electron chi connectivity index (χ0n) is 24.9. The molecule has 0 saturated carbocycles. The number of benzene rings is 1. The fourth-order valence-corrected chi connectivity index (χ4v) is 7.79. The minimum Gasteiger partial charge on any atom is -0.510 e. The van der Waals surface area contributed by atoms with E-state index in [1.807, 2.05) is 23.6 Å². The molecule has 0 bridgehead atoms. The predicted octanol–water partition coefficient (Wildman–Crippen LogP) is 1.84. The first kappa shape index (κ1) is 31.9. The maximum atomic E-state index is 15.0. The van der Waals surface area contributed by atoms with Crippen LogP contribution in [0.15, 0.2) is 28.7 Å². The van der Waals surface area contributed by atoms with Crippen LogP contribution in [0.2, 0.25) is 0 Å². The zero-order valence-corrected chi connectivity index (χ0v) is 24.9. The summed E-state index contributed by atoms with van der Waals surface area (Å²) in [5, 5.41) is 45.2. The number of primary amides is 1. The highest BCUT2D eigenvalue weighted by Crippen LogP contribution is 2.54. The van der Waals surface area contributed by atoms with Crippen LogP contribution in [-0.2, 0) is 22.2 Å². The number of phenolic OH excluding ortho intramolecular Hbond substituents is 1.